The fraction of sp³-hybridized carbons (Fsp3) is 0.300. The standard InChI is InChI=1S/C20H22N2O4S/c23-19-8-4-5-14-22(19)17-11-9-16(10-12-17)20(24)21-13-15-27(25,26)18-6-2-1-3-7-18/h1-3,6-7,9-12H,4-5,8,13-15H2,(H,21,24). The highest BCUT2D eigenvalue weighted by atomic mass is 32.2. The lowest BCUT2D eigenvalue weighted by Gasteiger charge is -2.26. The highest BCUT2D eigenvalue weighted by Gasteiger charge is 2.20. The molecule has 0 bridgehead atoms. The lowest BCUT2D eigenvalue weighted by atomic mass is 10.1. The summed E-state index contributed by atoms with van der Waals surface area (Å²) in [5, 5.41) is 2.63. The Balaban J connectivity index is 1.56. The molecular weight excluding hydrogens is 364 g/mol. The number of carbonyl (C=O) groups excluding carboxylic acids is 2. The van der Waals surface area contributed by atoms with Gasteiger partial charge < -0.3 is 10.2 Å². The Morgan fingerprint density at radius 2 is 1.70 bits per heavy atom. The van der Waals surface area contributed by atoms with Gasteiger partial charge in [-0.25, -0.2) is 8.42 Å². The minimum atomic E-state index is -3.42. The van der Waals surface area contributed by atoms with Crippen LogP contribution in [-0.2, 0) is 14.6 Å². The van der Waals surface area contributed by atoms with E-state index in [2.05, 4.69) is 5.32 Å². The van der Waals surface area contributed by atoms with Crippen LogP contribution in [0.4, 0.5) is 5.69 Å². The third-order valence-electron chi connectivity index (χ3n) is 4.52. The molecule has 0 aliphatic carbocycles. The van der Waals surface area contributed by atoms with Crippen molar-refractivity contribution in [2.45, 2.75) is 24.2 Å². The van der Waals surface area contributed by atoms with Crippen molar-refractivity contribution in [3.63, 3.8) is 0 Å². The number of hydrogen-bond donors (Lipinski definition) is 1. The number of hydrogen-bond acceptors (Lipinski definition) is 4. The predicted octanol–water partition coefficient (Wildman–Crippen LogP) is 2.41. The minimum absolute atomic E-state index is 0.0302. The van der Waals surface area contributed by atoms with Gasteiger partial charge in [0.15, 0.2) is 9.84 Å². The molecule has 2 aromatic carbocycles. The first-order valence-corrected chi connectivity index (χ1v) is 10.6. The van der Waals surface area contributed by atoms with Crippen LogP contribution in [0.1, 0.15) is 29.6 Å². The molecule has 1 fully saturated rings. The fourth-order valence-corrected chi connectivity index (χ4v) is 4.20. The van der Waals surface area contributed by atoms with Gasteiger partial charge in [0.1, 0.15) is 0 Å². The Morgan fingerprint density at radius 3 is 2.37 bits per heavy atom. The van der Waals surface area contributed by atoms with E-state index >= 15 is 0 Å². The molecule has 1 N–H and O–H groups in total. The van der Waals surface area contributed by atoms with Crippen molar-refractivity contribution in [3.05, 3.63) is 60.2 Å². The van der Waals surface area contributed by atoms with Gasteiger partial charge in [0.05, 0.1) is 10.6 Å². The van der Waals surface area contributed by atoms with Crippen molar-refractivity contribution < 1.29 is 18.0 Å². The molecule has 2 amide bonds. The summed E-state index contributed by atoms with van der Waals surface area (Å²) >= 11 is 0. The third kappa shape index (κ3) is 4.74. The van der Waals surface area contributed by atoms with E-state index in [1.54, 1.807) is 47.4 Å². The van der Waals surface area contributed by atoms with E-state index < -0.39 is 9.84 Å². The zero-order valence-electron chi connectivity index (χ0n) is 14.9. The highest BCUT2D eigenvalue weighted by Crippen LogP contribution is 2.21. The molecule has 0 saturated carbocycles. The van der Waals surface area contributed by atoms with E-state index in [0.29, 0.717) is 18.5 Å². The molecule has 1 heterocycles. The monoisotopic (exact) mass is 386 g/mol. The number of piperidine rings is 1. The van der Waals surface area contributed by atoms with Gasteiger partial charge in [0.25, 0.3) is 5.91 Å². The van der Waals surface area contributed by atoms with Gasteiger partial charge in [0, 0.05) is 30.8 Å². The first-order valence-electron chi connectivity index (χ1n) is 8.94. The molecule has 1 aliphatic rings. The fourth-order valence-electron chi connectivity index (χ4n) is 3.02. The summed E-state index contributed by atoms with van der Waals surface area (Å²) in [5.41, 5.74) is 1.21. The Bertz CT molecular complexity index is 909. The van der Waals surface area contributed by atoms with Crippen molar-refractivity contribution >= 4 is 27.3 Å². The summed E-state index contributed by atoms with van der Waals surface area (Å²) in [5.74, 6) is -0.400. The number of anilines is 1. The quantitative estimate of drug-likeness (QED) is 0.826. The Hall–Kier alpha value is -2.67. The maximum Gasteiger partial charge on any atom is 0.251 e. The van der Waals surface area contributed by atoms with Crippen molar-refractivity contribution in [2.75, 3.05) is 23.7 Å². The van der Waals surface area contributed by atoms with Gasteiger partial charge >= 0.3 is 0 Å². The molecule has 0 unspecified atom stereocenters. The average molecular weight is 386 g/mol. The zero-order chi connectivity index (χ0) is 19.3. The molecule has 0 atom stereocenters. The first kappa shape index (κ1) is 19.1. The largest absolute Gasteiger partial charge is 0.351 e. The van der Waals surface area contributed by atoms with Crippen molar-refractivity contribution in [1.29, 1.82) is 0 Å². The average Bonchev–Trinajstić information content (AvgIpc) is 2.69. The molecule has 27 heavy (non-hydrogen) atoms. The number of carbonyl (C=O) groups is 2. The second-order valence-corrected chi connectivity index (χ2v) is 8.55. The van der Waals surface area contributed by atoms with Gasteiger partial charge in [-0.15, -0.1) is 0 Å². The third-order valence-corrected chi connectivity index (χ3v) is 6.26. The Labute approximate surface area is 159 Å². The molecule has 6 nitrogen and oxygen atoms in total. The summed E-state index contributed by atoms with van der Waals surface area (Å²) in [4.78, 5) is 26.2. The van der Waals surface area contributed by atoms with E-state index in [1.165, 1.54) is 12.1 Å². The van der Waals surface area contributed by atoms with Crippen LogP contribution in [0.15, 0.2) is 59.5 Å². The Kier molecular flexibility index (Phi) is 5.91. The number of rotatable bonds is 6. The maximum atomic E-state index is 12.2. The number of amides is 2. The molecule has 142 valence electrons. The van der Waals surface area contributed by atoms with E-state index in [0.717, 1.165) is 18.5 Å². The molecule has 2 aromatic rings. The summed E-state index contributed by atoms with van der Waals surface area (Å²) in [6.45, 7) is 0.726. The van der Waals surface area contributed by atoms with Crippen LogP contribution in [0.5, 0.6) is 0 Å². The van der Waals surface area contributed by atoms with E-state index in [9.17, 15) is 18.0 Å². The molecule has 3 rings (SSSR count). The van der Waals surface area contributed by atoms with E-state index in [4.69, 9.17) is 0 Å². The normalized spacial score (nSPS) is 14.8. The van der Waals surface area contributed by atoms with Crippen LogP contribution in [-0.4, -0.2) is 39.1 Å². The zero-order valence-corrected chi connectivity index (χ0v) is 15.7. The van der Waals surface area contributed by atoms with E-state index in [1.807, 2.05) is 0 Å². The summed E-state index contributed by atoms with van der Waals surface area (Å²) in [7, 11) is -3.42. The molecular formula is C20H22N2O4S. The summed E-state index contributed by atoms with van der Waals surface area (Å²) in [6.07, 6.45) is 2.45. The van der Waals surface area contributed by atoms with Crippen LogP contribution >= 0.6 is 0 Å². The SMILES string of the molecule is O=C(NCCS(=O)(=O)c1ccccc1)c1ccc(N2CCCCC2=O)cc1. The smallest absolute Gasteiger partial charge is 0.251 e. The van der Waals surface area contributed by atoms with Gasteiger partial charge in [-0.1, -0.05) is 18.2 Å². The second kappa shape index (κ2) is 8.35. The molecule has 0 aromatic heterocycles. The van der Waals surface area contributed by atoms with Gasteiger partial charge in [0.2, 0.25) is 5.91 Å². The van der Waals surface area contributed by atoms with Crippen molar-refractivity contribution in [3.8, 4) is 0 Å². The van der Waals surface area contributed by atoms with Crippen LogP contribution in [0.2, 0.25) is 0 Å². The molecule has 1 saturated heterocycles. The van der Waals surface area contributed by atoms with Crippen molar-refractivity contribution in [2.24, 2.45) is 0 Å². The molecule has 0 spiro atoms. The molecule has 1 aliphatic heterocycles. The van der Waals surface area contributed by atoms with Crippen molar-refractivity contribution in [1.82, 2.24) is 5.32 Å². The lowest BCUT2D eigenvalue weighted by Crippen LogP contribution is -2.35. The summed E-state index contributed by atoms with van der Waals surface area (Å²) in [6, 6.07) is 15.0. The summed E-state index contributed by atoms with van der Waals surface area (Å²) < 4.78 is 24.4. The number of sulfone groups is 1. The molecule has 7 heteroatoms. The number of nitrogens with one attached hydrogen (secondary N) is 1. The number of nitrogens with zero attached hydrogens (tertiary/aromatic N) is 1. The highest BCUT2D eigenvalue weighted by molar-refractivity contribution is 7.91. The Morgan fingerprint density at radius 1 is 1.00 bits per heavy atom. The molecule has 0 radical (unpaired) electrons. The van der Waals surface area contributed by atoms with Gasteiger partial charge in [-0.3, -0.25) is 9.59 Å². The van der Waals surface area contributed by atoms with Crippen LogP contribution in [0.25, 0.3) is 0 Å². The van der Waals surface area contributed by atoms with Gasteiger partial charge in [-0.05, 0) is 49.2 Å². The maximum absolute atomic E-state index is 12.2. The lowest BCUT2D eigenvalue weighted by molar-refractivity contribution is -0.119. The minimum Gasteiger partial charge on any atom is -0.351 e. The van der Waals surface area contributed by atoms with E-state index in [-0.39, 0.29) is 29.0 Å². The number of benzene rings is 2. The first-order chi connectivity index (χ1) is 13.0. The van der Waals surface area contributed by atoms with Crippen LogP contribution in [0, 0.1) is 0 Å². The van der Waals surface area contributed by atoms with Gasteiger partial charge in [-0.2, -0.15) is 0 Å². The van der Waals surface area contributed by atoms with Crippen LogP contribution < -0.4 is 10.2 Å². The topological polar surface area (TPSA) is 83.6 Å². The predicted molar refractivity (Wildman–Crippen MR) is 103 cm³/mol. The second-order valence-electron chi connectivity index (χ2n) is 6.44. The van der Waals surface area contributed by atoms with Crippen LogP contribution in [0.3, 0.4) is 0 Å².